The lowest BCUT2D eigenvalue weighted by Crippen LogP contribution is -2.15. The molecule has 88 valence electrons. The van der Waals surface area contributed by atoms with Crippen LogP contribution in [0, 0.1) is 13.8 Å². The second-order valence-electron chi connectivity index (χ2n) is 3.94. The van der Waals surface area contributed by atoms with Crippen molar-refractivity contribution in [1.82, 2.24) is 0 Å². The van der Waals surface area contributed by atoms with Crippen LogP contribution in [0.3, 0.4) is 0 Å². The molecule has 3 nitrogen and oxygen atoms in total. The third kappa shape index (κ3) is 3.06. The zero-order chi connectivity index (χ0) is 12.3. The van der Waals surface area contributed by atoms with E-state index in [1.807, 2.05) is 26.0 Å². The maximum Gasteiger partial charge on any atom is 0.303 e. The van der Waals surface area contributed by atoms with Gasteiger partial charge in [0.1, 0.15) is 0 Å². The molecule has 0 heterocycles. The number of nitrogens with two attached hydrogens (primary N) is 1. The van der Waals surface area contributed by atoms with Crippen LogP contribution in [0.2, 0.25) is 0 Å². The molecule has 1 atom stereocenters. The van der Waals surface area contributed by atoms with Crippen molar-refractivity contribution >= 4 is 21.9 Å². The normalized spacial score (nSPS) is 12.5. The summed E-state index contributed by atoms with van der Waals surface area (Å²) in [7, 11) is 0. The highest BCUT2D eigenvalue weighted by molar-refractivity contribution is 9.10. The highest BCUT2D eigenvalue weighted by Gasteiger charge is 2.14. The lowest BCUT2D eigenvalue weighted by atomic mass is 9.94. The predicted molar refractivity (Wildman–Crippen MR) is 67.4 cm³/mol. The molecule has 0 bridgehead atoms. The van der Waals surface area contributed by atoms with Crippen LogP contribution in [-0.2, 0) is 4.79 Å². The van der Waals surface area contributed by atoms with E-state index in [-0.39, 0.29) is 12.5 Å². The van der Waals surface area contributed by atoms with Crippen molar-refractivity contribution in [2.24, 2.45) is 5.73 Å². The average molecular weight is 286 g/mol. The van der Waals surface area contributed by atoms with Crippen LogP contribution in [0.25, 0.3) is 0 Å². The number of aryl methyl sites for hydroxylation is 1. The van der Waals surface area contributed by atoms with Crippen molar-refractivity contribution in [2.45, 2.75) is 32.7 Å². The standard InChI is InChI=1S/C12H16BrNO2/c1-7-3-4-9(13)8(2)12(7)10(14)5-6-11(15)16/h3-4,10H,5-6,14H2,1-2H3,(H,15,16). The lowest BCUT2D eigenvalue weighted by molar-refractivity contribution is -0.137. The molecule has 0 amide bonds. The number of aliphatic carboxylic acids is 1. The Morgan fingerprint density at radius 2 is 2.12 bits per heavy atom. The number of carboxylic acid groups (broad SMARTS) is 1. The van der Waals surface area contributed by atoms with Crippen LogP contribution in [0.15, 0.2) is 16.6 Å². The largest absolute Gasteiger partial charge is 0.481 e. The minimum atomic E-state index is -0.805. The molecule has 0 saturated carbocycles. The summed E-state index contributed by atoms with van der Waals surface area (Å²) >= 11 is 3.46. The van der Waals surface area contributed by atoms with Gasteiger partial charge in [-0.25, -0.2) is 0 Å². The Kier molecular flexibility index (Phi) is 4.50. The molecule has 0 aromatic heterocycles. The van der Waals surface area contributed by atoms with Crippen molar-refractivity contribution in [2.75, 3.05) is 0 Å². The van der Waals surface area contributed by atoms with E-state index in [9.17, 15) is 4.79 Å². The molecule has 0 fully saturated rings. The van der Waals surface area contributed by atoms with E-state index >= 15 is 0 Å². The van der Waals surface area contributed by atoms with Crippen molar-refractivity contribution in [3.63, 3.8) is 0 Å². The molecule has 1 aromatic carbocycles. The van der Waals surface area contributed by atoms with Gasteiger partial charge in [-0.3, -0.25) is 4.79 Å². The summed E-state index contributed by atoms with van der Waals surface area (Å²) in [6.07, 6.45) is 0.569. The number of hydrogen-bond acceptors (Lipinski definition) is 2. The molecule has 16 heavy (non-hydrogen) atoms. The van der Waals surface area contributed by atoms with E-state index in [0.29, 0.717) is 6.42 Å². The first-order valence-corrected chi connectivity index (χ1v) is 5.95. The van der Waals surface area contributed by atoms with Crippen LogP contribution in [0.4, 0.5) is 0 Å². The topological polar surface area (TPSA) is 63.3 Å². The lowest BCUT2D eigenvalue weighted by Gasteiger charge is -2.17. The van der Waals surface area contributed by atoms with Gasteiger partial charge < -0.3 is 10.8 Å². The molecule has 4 heteroatoms. The van der Waals surface area contributed by atoms with Gasteiger partial charge in [0.05, 0.1) is 0 Å². The second kappa shape index (κ2) is 5.46. The number of carbonyl (C=O) groups is 1. The van der Waals surface area contributed by atoms with E-state index in [1.54, 1.807) is 0 Å². The van der Waals surface area contributed by atoms with Crippen LogP contribution in [-0.4, -0.2) is 11.1 Å². The summed E-state index contributed by atoms with van der Waals surface area (Å²) in [6.45, 7) is 3.99. The van der Waals surface area contributed by atoms with Gasteiger partial charge in [-0.1, -0.05) is 22.0 Å². The maximum absolute atomic E-state index is 10.5. The molecule has 0 aliphatic heterocycles. The highest BCUT2D eigenvalue weighted by Crippen LogP contribution is 2.28. The summed E-state index contributed by atoms with van der Waals surface area (Å²) in [4.78, 5) is 10.5. The fraction of sp³-hybridized carbons (Fsp3) is 0.417. The second-order valence-corrected chi connectivity index (χ2v) is 4.80. The van der Waals surface area contributed by atoms with Crippen molar-refractivity contribution in [3.05, 3.63) is 33.3 Å². The van der Waals surface area contributed by atoms with Crippen molar-refractivity contribution in [3.8, 4) is 0 Å². The van der Waals surface area contributed by atoms with Gasteiger partial charge in [-0.05, 0) is 43.0 Å². The molecule has 0 saturated heterocycles. The summed E-state index contributed by atoms with van der Waals surface area (Å²) in [5.41, 5.74) is 9.29. The van der Waals surface area contributed by atoms with E-state index in [4.69, 9.17) is 10.8 Å². The number of halogens is 1. The van der Waals surface area contributed by atoms with Crippen LogP contribution >= 0.6 is 15.9 Å². The third-order valence-corrected chi connectivity index (χ3v) is 3.57. The summed E-state index contributed by atoms with van der Waals surface area (Å²) in [5.74, 6) is -0.805. The minimum Gasteiger partial charge on any atom is -0.481 e. The van der Waals surface area contributed by atoms with E-state index in [1.165, 1.54) is 0 Å². The summed E-state index contributed by atoms with van der Waals surface area (Å²) in [5, 5.41) is 8.64. The van der Waals surface area contributed by atoms with Gasteiger partial charge in [0.2, 0.25) is 0 Å². The van der Waals surface area contributed by atoms with Crippen LogP contribution in [0.1, 0.15) is 35.6 Å². The first-order valence-electron chi connectivity index (χ1n) is 5.16. The minimum absolute atomic E-state index is 0.104. The van der Waals surface area contributed by atoms with Gasteiger partial charge >= 0.3 is 5.97 Å². The number of benzene rings is 1. The Balaban J connectivity index is 2.94. The zero-order valence-electron chi connectivity index (χ0n) is 9.46. The highest BCUT2D eigenvalue weighted by atomic mass is 79.9. The molecular weight excluding hydrogens is 270 g/mol. The Labute approximate surface area is 104 Å². The van der Waals surface area contributed by atoms with Crippen molar-refractivity contribution in [1.29, 1.82) is 0 Å². The molecule has 0 radical (unpaired) electrons. The van der Waals surface area contributed by atoms with Gasteiger partial charge in [-0.15, -0.1) is 0 Å². The Bertz CT molecular complexity index is 404. The fourth-order valence-electron chi connectivity index (χ4n) is 1.83. The molecule has 1 unspecified atom stereocenters. The molecular formula is C12H16BrNO2. The van der Waals surface area contributed by atoms with E-state index in [0.717, 1.165) is 21.2 Å². The van der Waals surface area contributed by atoms with Gasteiger partial charge in [-0.2, -0.15) is 0 Å². The van der Waals surface area contributed by atoms with Gasteiger partial charge in [0.25, 0.3) is 0 Å². The monoisotopic (exact) mass is 285 g/mol. The first-order chi connectivity index (χ1) is 7.43. The summed E-state index contributed by atoms with van der Waals surface area (Å²) in [6, 6.07) is 3.76. The maximum atomic E-state index is 10.5. The van der Waals surface area contributed by atoms with Crippen molar-refractivity contribution < 1.29 is 9.90 Å². The molecule has 3 N–H and O–H groups in total. The molecule has 1 aromatic rings. The SMILES string of the molecule is Cc1ccc(Br)c(C)c1C(N)CCC(=O)O. The number of hydrogen-bond donors (Lipinski definition) is 2. The van der Waals surface area contributed by atoms with Gasteiger partial charge in [0, 0.05) is 16.9 Å². The van der Waals surface area contributed by atoms with E-state index < -0.39 is 5.97 Å². The molecule has 0 aliphatic carbocycles. The number of rotatable bonds is 4. The van der Waals surface area contributed by atoms with Crippen LogP contribution < -0.4 is 5.73 Å². The molecule has 0 aliphatic rings. The molecule has 0 spiro atoms. The third-order valence-electron chi connectivity index (χ3n) is 2.71. The first kappa shape index (κ1) is 13.2. The average Bonchev–Trinajstić information content (AvgIpc) is 2.21. The number of carboxylic acids is 1. The van der Waals surface area contributed by atoms with Crippen LogP contribution in [0.5, 0.6) is 0 Å². The van der Waals surface area contributed by atoms with E-state index in [2.05, 4.69) is 15.9 Å². The van der Waals surface area contributed by atoms with Gasteiger partial charge in [0.15, 0.2) is 0 Å². The summed E-state index contributed by atoms with van der Waals surface area (Å²) < 4.78 is 1.01. The Morgan fingerprint density at radius 3 is 2.69 bits per heavy atom. The predicted octanol–water partition coefficient (Wildman–Crippen LogP) is 2.93. The Hall–Kier alpha value is -0.870. The molecule has 1 rings (SSSR count). The quantitative estimate of drug-likeness (QED) is 0.894. The smallest absolute Gasteiger partial charge is 0.303 e. The Morgan fingerprint density at radius 1 is 1.50 bits per heavy atom. The zero-order valence-corrected chi connectivity index (χ0v) is 11.0. The fourth-order valence-corrected chi connectivity index (χ4v) is 2.18.